The van der Waals surface area contributed by atoms with Crippen molar-refractivity contribution in [2.75, 3.05) is 44.7 Å². The van der Waals surface area contributed by atoms with Gasteiger partial charge in [0, 0.05) is 37.9 Å². The van der Waals surface area contributed by atoms with E-state index in [1.807, 2.05) is 6.07 Å². The standard InChI is InChI=1S/C18H28N4O/c1-21-10-5-8-17(21)13-20-18(23)19-12-15-9-11-22(14-15)16-6-3-2-4-7-16/h2-4,6-7,15,17H,5,8-14H2,1H3,(H2,19,20,23)/t15-,17-/m0/s1. The molecule has 1 aromatic rings. The van der Waals surface area contributed by atoms with Gasteiger partial charge in [0.15, 0.2) is 0 Å². The van der Waals surface area contributed by atoms with Crippen molar-refractivity contribution in [3.63, 3.8) is 0 Å². The van der Waals surface area contributed by atoms with Gasteiger partial charge in [-0.1, -0.05) is 18.2 Å². The minimum absolute atomic E-state index is 0.0246. The average molecular weight is 316 g/mol. The largest absolute Gasteiger partial charge is 0.371 e. The average Bonchev–Trinajstić information content (AvgIpc) is 3.21. The second-order valence-corrected chi connectivity index (χ2v) is 6.80. The van der Waals surface area contributed by atoms with Crippen LogP contribution in [0, 0.1) is 5.92 Å². The molecule has 2 atom stereocenters. The predicted octanol–water partition coefficient (Wildman–Crippen LogP) is 1.91. The van der Waals surface area contributed by atoms with Gasteiger partial charge in [-0.05, 0) is 50.9 Å². The molecule has 2 fully saturated rings. The number of rotatable bonds is 5. The van der Waals surface area contributed by atoms with Crippen LogP contribution in [0.15, 0.2) is 30.3 Å². The highest BCUT2D eigenvalue weighted by Gasteiger charge is 2.24. The normalized spacial score (nSPS) is 24.8. The molecule has 2 heterocycles. The molecule has 23 heavy (non-hydrogen) atoms. The van der Waals surface area contributed by atoms with E-state index >= 15 is 0 Å². The zero-order valence-electron chi connectivity index (χ0n) is 14.0. The van der Waals surface area contributed by atoms with Crippen molar-refractivity contribution in [1.82, 2.24) is 15.5 Å². The number of hydrogen-bond acceptors (Lipinski definition) is 3. The number of urea groups is 1. The van der Waals surface area contributed by atoms with Gasteiger partial charge in [0.05, 0.1) is 0 Å². The van der Waals surface area contributed by atoms with E-state index in [0.29, 0.717) is 12.0 Å². The van der Waals surface area contributed by atoms with Gasteiger partial charge in [0.2, 0.25) is 0 Å². The van der Waals surface area contributed by atoms with Gasteiger partial charge in [0.25, 0.3) is 0 Å². The minimum Gasteiger partial charge on any atom is -0.371 e. The molecule has 0 spiro atoms. The molecule has 2 N–H and O–H groups in total. The summed E-state index contributed by atoms with van der Waals surface area (Å²) in [5, 5.41) is 6.06. The van der Waals surface area contributed by atoms with Crippen molar-refractivity contribution in [1.29, 1.82) is 0 Å². The van der Waals surface area contributed by atoms with Gasteiger partial charge in [-0.15, -0.1) is 0 Å². The summed E-state index contributed by atoms with van der Waals surface area (Å²) < 4.78 is 0. The van der Waals surface area contributed by atoms with Crippen LogP contribution in [0.25, 0.3) is 0 Å². The van der Waals surface area contributed by atoms with Crippen LogP contribution in [0.3, 0.4) is 0 Å². The third-order valence-corrected chi connectivity index (χ3v) is 5.13. The monoisotopic (exact) mass is 316 g/mol. The van der Waals surface area contributed by atoms with E-state index in [2.05, 4.69) is 51.7 Å². The molecule has 1 aromatic carbocycles. The van der Waals surface area contributed by atoms with Gasteiger partial charge in [-0.3, -0.25) is 0 Å². The van der Waals surface area contributed by atoms with Crippen molar-refractivity contribution in [3.05, 3.63) is 30.3 Å². The smallest absolute Gasteiger partial charge is 0.314 e. The molecule has 3 rings (SSSR count). The summed E-state index contributed by atoms with van der Waals surface area (Å²) in [5.41, 5.74) is 1.28. The Morgan fingerprint density at radius 3 is 2.65 bits per heavy atom. The van der Waals surface area contributed by atoms with Gasteiger partial charge < -0.3 is 20.4 Å². The lowest BCUT2D eigenvalue weighted by Gasteiger charge is -2.20. The zero-order chi connectivity index (χ0) is 16.1. The van der Waals surface area contributed by atoms with E-state index in [-0.39, 0.29) is 6.03 Å². The van der Waals surface area contributed by atoms with Gasteiger partial charge in [0.1, 0.15) is 0 Å². The van der Waals surface area contributed by atoms with E-state index in [1.54, 1.807) is 0 Å². The van der Waals surface area contributed by atoms with E-state index in [0.717, 1.165) is 39.1 Å². The topological polar surface area (TPSA) is 47.6 Å². The molecule has 0 unspecified atom stereocenters. The number of para-hydroxylation sites is 1. The number of nitrogens with zero attached hydrogens (tertiary/aromatic N) is 2. The van der Waals surface area contributed by atoms with Crippen LogP contribution in [0.2, 0.25) is 0 Å². The molecule has 2 saturated heterocycles. The first kappa shape index (κ1) is 16.1. The van der Waals surface area contributed by atoms with Crippen LogP contribution in [0.1, 0.15) is 19.3 Å². The fraction of sp³-hybridized carbons (Fsp3) is 0.611. The Kier molecular flexibility index (Phi) is 5.39. The van der Waals surface area contributed by atoms with E-state index in [4.69, 9.17) is 0 Å². The fourth-order valence-electron chi connectivity index (χ4n) is 3.62. The maximum atomic E-state index is 12.0. The van der Waals surface area contributed by atoms with Crippen LogP contribution in [0.5, 0.6) is 0 Å². The molecule has 2 aliphatic rings. The minimum atomic E-state index is -0.0246. The maximum Gasteiger partial charge on any atom is 0.314 e. The Morgan fingerprint density at radius 2 is 1.91 bits per heavy atom. The molecular formula is C18H28N4O. The Labute approximate surface area is 139 Å². The van der Waals surface area contributed by atoms with Gasteiger partial charge >= 0.3 is 6.03 Å². The number of likely N-dealkylation sites (tertiary alicyclic amines) is 1. The first-order valence-corrected chi connectivity index (χ1v) is 8.74. The molecule has 0 aromatic heterocycles. The lowest BCUT2D eigenvalue weighted by Crippen LogP contribution is -2.44. The lowest BCUT2D eigenvalue weighted by atomic mass is 10.1. The summed E-state index contributed by atoms with van der Waals surface area (Å²) in [5.74, 6) is 0.537. The number of anilines is 1. The van der Waals surface area contributed by atoms with Crippen LogP contribution >= 0.6 is 0 Å². The molecule has 5 nitrogen and oxygen atoms in total. The van der Waals surface area contributed by atoms with Crippen molar-refractivity contribution < 1.29 is 4.79 Å². The number of benzene rings is 1. The molecule has 126 valence electrons. The Bertz CT molecular complexity index is 507. The second-order valence-electron chi connectivity index (χ2n) is 6.80. The molecule has 0 saturated carbocycles. The number of hydrogen-bond donors (Lipinski definition) is 2. The molecule has 0 radical (unpaired) electrons. The zero-order valence-corrected chi connectivity index (χ0v) is 14.0. The van der Waals surface area contributed by atoms with Crippen LogP contribution in [-0.2, 0) is 0 Å². The fourth-order valence-corrected chi connectivity index (χ4v) is 3.62. The van der Waals surface area contributed by atoms with Gasteiger partial charge in [-0.25, -0.2) is 4.79 Å². The third kappa shape index (κ3) is 4.38. The lowest BCUT2D eigenvalue weighted by molar-refractivity contribution is 0.233. The molecule has 0 aliphatic carbocycles. The van der Waals surface area contributed by atoms with Crippen LogP contribution in [-0.4, -0.2) is 56.7 Å². The van der Waals surface area contributed by atoms with Crippen LogP contribution in [0.4, 0.5) is 10.5 Å². The summed E-state index contributed by atoms with van der Waals surface area (Å²) in [7, 11) is 2.13. The summed E-state index contributed by atoms with van der Waals surface area (Å²) in [6.45, 7) is 4.75. The van der Waals surface area contributed by atoms with Crippen molar-refractivity contribution in [2.24, 2.45) is 5.92 Å². The summed E-state index contributed by atoms with van der Waals surface area (Å²) in [6.07, 6.45) is 3.56. The van der Waals surface area contributed by atoms with Gasteiger partial charge in [-0.2, -0.15) is 0 Å². The number of carbonyl (C=O) groups excluding carboxylic acids is 1. The molecule has 0 bridgehead atoms. The van der Waals surface area contributed by atoms with Crippen molar-refractivity contribution in [2.45, 2.75) is 25.3 Å². The number of nitrogens with one attached hydrogen (secondary N) is 2. The summed E-state index contributed by atoms with van der Waals surface area (Å²) in [6, 6.07) is 11.0. The van der Waals surface area contributed by atoms with E-state index in [1.165, 1.54) is 18.5 Å². The number of amides is 2. The molecule has 5 heteroatoms. The molecule has 2 amide bonds. The van der Waals surface area contributed by atoms with Crippen molar-refractivity contribution in [3.8, 4) is 0 Å². The maximum absolute atomic E-state index is 12.0. The SMILES string of the molecule is CN1CCC[C@H]1CNC(=O)NC[C@@H]1CCN(c2ccccc2)C1. The highest BCUT2D eigenvalue weighted by Crippen LogP contribution is 2.22. The molecule has 2 aliphatic heterocycles. The Hall–Kier alpha value is -1.75. The highest BCUT2D eigenvalue weighted by molar-refractivity contribution is 5.73. The molecular weight excluding hydrogens is 288 g/mol. The number of likely N-dealkylation sites (N-methyl/N-ethyl adjacent to an activating group) is 1. The summed E-state index contributed by atoms with van der Waals surface area (Å²) >= 11 is 0. The third-order valence-electron chi connectivity index (χ3n) is 5.13. The van der Waals surface area contributed by atoms with E-state index < -0.39 is 0 Å². The first-order valence-electron chi connectivity index (χ1n) is 8.74. The number of carbonyl (C=O) groups is 1. The summed E-state index contributed by atoms with van der Waals surface area (Å²) in [4.78, 5) is 16.7. The van der Waals surface area contributed by atoms with Crippen molar-refractivity contribution >= 4 is 11.7 Å². The van der Waals surface area contributed by atoms with E-state index in [9.17, 15) is 4.79 Å². The highest BCUT2D eigenvalue weighted by atomic mass is 16.2. The predicted molar refractivity (Wildman–Crippen MR) is 93.8 cm³/mol. The Morgan fingerprint density at radius 1 is 1.13 bits per heavy atom. The second kappa shape index (κ2) is 7.68. The first-order chi connectivity index (χ1) is 11.2. The van der Waals surface area contributed by atoms with Crippen LogP contribution < -0.4 is 15.5 Å². The quantitative estimate of drug-likeness (QED) is 0.872. The Balaban J connectivity index is 1.35.